The van der Waals surface area contributed by atoms with Crippen LogP contribution in [0.25, 0.3) is 0 Å². The van der Waals surface area contributed by atoms with Crippen molar-refractivity contribution in [3.05, 3.63) is 0 Å². The van der Waals surface area contributed by atoms with Crippen LogP contribution in [-0.4, -0.2) is 43.3 Å². The molecule has 1 spiro atoms. The highest BCUT2D eigenvalue weighted by atomic mass is 16.7. The standard InChI is InChI=1S/C17H28N2O4/c1-13-4-2-3-5-15(13)18-16(20)12-23-19-14-6-8-17(9-7-14)21-10-11-22-17/h13,15H,2-12H2,1H3,(H,18,20)/t13-,15+/m0/s1. The topological polar surface area (TPSA) is 69.2 Å². The molecule has 1 saturated heterocycles. The van der Waals surface area contributed by atoms with Crippen LogP contribution in [0.2, 0.25) is 0 Å². The Kier molecular flexibility index (Phi) is 5.54. The van der Waals surface area contributed by atoms with E-state index in [0.29, 0.717) is 25.2 Å². The highest BCUT2D eigenvalue weighted by Gasteiger charge is 2.39. The minimum Gasteiger partial charge on any atom is -0.386 e. The second-order valence-corrected chi connectivity index (χ2v) is 6.97. The molecule has 0 aromatic carbocycles. The highest BCUT2D eigenvalue weighted by molar-refractivity contribution is 5.85. The lowest BCUT2D eigenvalue weighted by Gasteiger charge is -2.31. The summed E-state index contributed by atoms with van der Waals surface area (Å²) in [5.41, 5.74) is 0.994. The maximum Gasteiger partial charge on any atom is 0.261 e. The summed E-state index contributed by atoms with van der Waals surface area (Å²) >= 11 is 0. The number of carbonyl (C=O) groups excluding carboxylic acids is 1. The summed E-state index contributed by atoms with van der Waals surface area (Å²) in [5.74, 6) is 0.107. The third-order valence-corrected chi connectivity index (χ3v) is 5.25. The molecule has 2 saturated carbocycles. The van der Waals surface area contributed by atoms with Gasteiger partial charge in [-0.15, -0.1) is 0 Å². The molecule has 0 bridgehead atoms. The van der Waals surface area contributed by atoms with E-state index in [1.165, 1.54) is 19.3 Å². The van der Waals surface area contributed by atoms with Crippen LogP contribution in [0, 0.1) is 5.92 Å². The van der Waals surface area contributed by atoms with E-state index < -0.39 is 0 Å². The fourth-order valence-corrected chi connectivity index (χ4v) is 3.76. The van der Waals surface area contributed by atoms with Crippen molar-refractivity contribution in [1.82, 2.24) is 5.32 Å². The molecule has 1 amide bonds. The summed E-state index contributed by atoms with van der Waals surface area (Å²) < 4.78 is 11.4. The Morgan fingerprint density at radius 1 is 1.26 bits per heavy atom. The van der Waals surface area contributed by atoms with Crippen molar-refractivity contribution in [2.75, 3.05) is 19.8 Å². The fraction of sp³-hybridized carbons (Fsp3) is 0.882. The Hall–Kier alpha value is -1.14. The van der Waals surface area contributed by atoms with Gasteiger partial charge in [-0.3, -0.25) is 4.79 Å². The van der Waals surface area contributed by atoms with Crippen molar-refractivity contribution in [3.8, 4) is 0 Å². The van der Waals surface area contributed by atoms with Crippen molar-refractivity contribution < 1.29 is 19.1 Å². The van der Waals surface area contributed by atoms with E-state index in [9.17, 15) is 4.79 Å². The number of nitrogens with zero attached hydrogens (tertiary/aromatic N) is 1. The van der Waals surface area contributed by atoms with Crippen molar-refractivity contribution in [1.29, 1.82) is 0 Å². The molecule has 2 atom stereocenters. The maximum absolute atomic E-state index is 12.0. The van der Waals surface area contributed by atoms with Gasteiger partial charge in [0.05, 0.1) is 18.9 Å². The Balaban J connectivity index is 1.36. The molecule has 0 radical (unpaired) electrons. The molecular weight excluding hydrogens is 296 g/mol. The van der Waals surface area contributed by atoms with Gasteiger partial charge in [-0.25, -0.2) is 0 Å². The zero-order valence-electron chi connectivity index (χ0n) is 14.0. The predicted octanol–water partition coefficient (Wildman–Crippen LogP) is 2.37. The Morgan fingerprint density at radius 3 is 2.65 bits per heavy atom. The van der Waals surface area contributed by atoms with E-state index in [4.69, 9.17) is 14.3 Å². The summed E-state index contributed by atoms with van der Waals surface area (Å²) in [7, 11) is 0. The van der Waals surface area contributed by atoms with Crippen molar-refractivity contribution in [2.45, 2.75) is 70.1 Å². The molecule has 1 aliphatic heterocycles. The minimum absolute atomic E-state index is 0.00482. The average molecular weight is 324 g/mol. The lowest BCUT2D eigenvalue weighted by atomic mass is 9.86. The zero-order valence-corrected chi connectivity index (χ0v) is 14.0. The van der Waals surface area contributed by atoms with Crippen molar-refractivity contribution in [2.24, 2.45) is 11.1 Å². The number of hydrogen-bond donors (Lipinski definition) is 1. The van der Waals surface area contributed by atoms with Gasteiger partial charge in [0.15, 0.2) is 12.4 Å². The van der Waals surface area contributed by atoms with E-state index in [2.05, 4.69) is 17.4 Å². The number of nitrogens with one attached hydrogen (secondary N) is 1. The molecule has 1 N–H and O–H groups in total. The molecule has 3 rings (SSSR count). The molecule has 3 fully saturated rings. The predicted molar refractivity (Wildman–Crippen MR) is 86.1 cm³/mol. The molecule has 130 valence electrons. The molecule has 0 aromatic rings. The van der Waals surface area contributed by atoms with Crippen LogP contribution in [0.15, 0.2) is 5.16 Å². The first-order valence-electron chi connectivity index (χ1n) is 8.92. The minimum atomic E-state index is -0.381. The molecule has 23 heavy (non-hydrogen) atoms. The number of carbonyl (C=O) groups is 1. The third kappa shape index (κ3) is 4.44. The molecule has 0 unspecified atom stereocenters. The van der Waals surface area contributed by atoms with Crippen LogP contribution in [0.4, 0.5) is 0 Å². The van der Waals surface area contributed by atoms with Gasteiger partial charge in [0.25, 0.3) is 5.91 Å². The lowest BCUT2D eigenvalue weighted by molar-refractivity contribution is -0.168. The number of rotatable bonds is 4. The van der Waals surface area contributed by atoms with E-state index in [1.54, 1.807) is 0 Å². The summed E-state index contributed by atoms with van der Waals surface area (Å²) in [5, 5.41) is 7.21. The van der Waals surface area contributed by atoms with Crippen LogP contribution in [0.5, 0.6) is 0 Å². The number of amides is 1. The molecule has 3 aliphatic rings. The molecule has 0 aromatic heterocycles. The summed E-state index contributed by atoms with van der Waals surface area (Å²) in [4.78, 5) is 17.2. The number of oxime groups is 1. The van der Waals surface area contributed by atoms with E-state index in [1.807, 2.05) is 0 Å². The van der Waals surface area contributed by atoms with Crippen LogP contribution in [-0.2, 0) is 19.1 Å². The van der Waals surface area contributed by atoms with Gasteiger partial charge in [-0.05, 0) is 31.6 Å². The van der Waals surface area contributed by atoms with Crippen LogP contribution in [0.3, 0.4) is 0 Å². The van der Waals surface area contributed by atoms with Crippen molar-refractivity contribution >= 4 is 11.6 Å². The first-order chi connectivity index (χ1) is 11.2. The molecular formula is C17H28N2O4. The van der Waals surface area contributed by atoms with Crippen LogP contribution in [0.1, 0.15) is 58.3 Å². The third-order valence-electron chi connectivity index (χ3n) is 5.25. The fourth-order valence-electron chi connectivity index (χ4n) is 3.76. The summed E-state index contributed by atoms with van der Waals surface area (Å²) in [6.07, 6.45) is 7.99. The van der Waals surface area contributed by atoms with Gasteiger partial charge in [-0.2, -0.15) is 0 Å². The quantitative estimate of drug-likeness (QED) is 0.806. The van der Waals surface area contributed by atoms with Gasteiger partial charge in [0.2, 0.25) is 0 Å². The average Bonchev–Trinajstić information content (AvgIpc) is 3.00. The van der Waals surface area contributed by atoms with E-state index in [0.717, 1.165) is 37.8 Å². The van der Waals surface area contributed by atoms with Gasteiger partial charge in [-0.1, -0.05) is 24.9 Å². The van der Waals surface area contributed by atoms with Gasteiger partial charge < -0.3 is 19.6 Å². The van der Waals surface area contributed by atoms with E-state index >= 15 is 0 Å². The number of hydrogen-bond acceptors (Lipinski definition) is 5. The normalized spacial score (nSPS) is 30.2. The molecule has 6 nitrogen and oxygen atoms in total. The van der Waals surface area contributed by atoms with Gasteiger partial charge in [0, 0.05) is 18.9 Å². The smallest absolute Gasteiger partial charge is 0.261 e. The van der Waals surface area contributed by atoms with Gasteiger partial charge >= 0.3 is 0 Å². The molecule has 1 heterocycles. The van der Waals surface area contributed by atoms with Crippen molar-refractivity contribution in [3.63, 3.8) is 0 Å². The largest absolute Gasteiger partial charge is 0.386 e. The first kappa shape index (κ1) is 16.7. The Labute approximate surface area is 137 Å². The first-order valence-corrected chi connectivity index (χ1v) is 8.92. The zero-order chi connectivity index (χ0) is 16.1. The second-order valence-electron chi connectivity index (χ2n) is 6.97. The monoisotopic (exact) mass is 324 g/mol. The second kappa shape index (κ2) is 7.62. The molecule has 2 aliphatic carbocycles. The lowest BCUT2D eigenvalue weighted by Crippen LogP contribution is -2.42. The van der Waals surface area contributed by atoms with Crippen LogP contribution >= 0.6 is 0 Å². The highest BCUT2D eigenvalue weighted by Crippen LogP contribution is 2.34. The Bertz CT molecular complexity index is 434. The van der Waals surface area contributed by atoms with E-state index in [-0.39, 0.29) is 18.3 Å². The van der Waals surface area contributed by atoms with Gasteiger partial charge in [0.1, 0.15) is 0 Å². The summed E-state index contributed by atoms with van der Waals surface area (Å²) in [6.45, 7) is 3.58. The SMILES string of the molecule is C[C@H]1CCCC[C@H]1NC(=O)CON=C1CCC2(CC1)OCCO2. The maximum atomic E-state index is 12.0. The summed E-state index contributed by atoms with van der Waals surface area (Å²) in [6, 6.07) is 0.290. The molecule has 6 heteroatoms. The number of ether oxygens (including phenoxy) is 2. The Morgan fingerprint density at radius 2 is 1.96 bits per heavy atom. The van der Waals surface area contributed by atoms with Crippen LogP contribution < -0.4 is 5.32 Å².